The summed E-state index contributed by atoms with van der Waals surface area (Å²) in [5, 5.41) is 10.0. The van der Waals surface area contributed by atoms with Gasteiger partial charge in [-0.2, -0.15) is 0 Å². The van der Waals surface area contributed by atoms with Crippen LogP contribution in [0.5, 0.6) is 5.75 Å². The Morgan fingerprint density at radius 3 is 2.71 bits per heavy atom. The third-order valence-corrected chi connectivity index (χ3v) is 3.51. The number of rotatable bonds is 7. The van der Waals surface area contributed by atoms with E-state index in [1.807, 2.05) is 42.7 Å². The molecule has 1 aromatic heterocycles. The minimum Gasteiger partial charge on any atom is -0.496 e. The Hall–Kier alpha value is -1.85. The lowest BCUT2D eigenvalue weighted by molar-refractivity contribution is 0.0195. The number of ether oxygens (including phenoxy) is 2. The van der Waals surface area contributed by atoms with E-state index in [0.29, 0.717) is 13.2 Å². The summed E-state index contributed by atoms with van der Waals surface area (Å²) in [5.74, 6) is 0.799. The fraction of sp³-hybridized carbons (Fsp3) is 0.438. The Bertz CT molecular complexity index is 581. The zero-order valence-electron chi connectivity index (χ0n) is 12.7. The van der Waals surface area contributed by atoms with Crippen molar-refractivity contribution < 1.29 is 14.6 Å². The number of aliphatic hydroxyl groups excluding tert-OH is 1. The van der Waals surface area contributed by atoms with Gasteiger partial charge in [0.2, 0.25) is 0 Å². The van der Waals surface area contributed by atoms with Crippen molar-refractivity contribution in [3.8, 4) is 5.75 Å². The molecule has 0 fully saturated rings. The second-order valence-electron chi connectivity index (χ2n) is 5.05. The molecule has 114 valence electrons. The smallest absolute Gasteiger partial charge is 0.124 e. The lowest BCUT2D eigenvalue weighted by Gasteiger charge is -2.14. The van der Waals surface area contributed by atoms with Crippen LogP contribution in [-0.4, -0.2) is 34.5 Å². The van der Waals surface area contributed by atoms with Crippen LogP contribution >= 0.6 is 0 Å². The summed E-state index contributed by atoms with van der Waals surface area (Å²) < 4.78 is 12.8. The van der Waals surface area contributed by atoms with Crippen molar-refractivity contribution in [2.24, 2.45) is 0 Å². The van der Waals surface area contributed by atoms with Crippen molar-refractivity contribution >= 4 is 0 Å². The summed E-state index contributed by atoms with van der Waals surface area (Å²) in [7, 11) is 1.64. The van der Waals surface area contributed by atoms with Gasteiger partial charge in [-0.15, -0.1) is 0 Å². The predicted octanol–water partition coefficient (Wildman–Crippen LogP) is 2.09. The highest BCUT2D eigenvalue weighted by atomic mass is 16.5. The molecule has 0 radical (unpaired) electrons. The molecular weight excluding hydrogens is 268 g/mol. The number of benzene rings is 1. The first-order valence-electron chi connectivity index (χ1n) is 6.98. The van der Waals surface area contributed by atoms with E-state index in [1.165, 1.54) is 0 Å². The number of nitrogens with zero attached hydrogens (tertiary/aromatic N) is 2. The second-order valence-corrected chi connectivity index (χ2v) is 5.05. The summed E-state index contributed by atoms with van der Waals surface area (Å²) in [6.45, 7) is 5.12. The molecule has 0 aliphatic rings. The first-order chi connectivity index (χ1) is 10.1. The van der Waals surface area contributed by atoms with Crippen LogP contribution in [0.25, 0.3) is 0 Å². The maximum atomic E-state index is 10.0. The van der Waals surface area contributed by atoms with E-state index >= 15 is 0 Å². The molecule has 1 heterocycles. The molecule has 1 unspecified atom stereocenters. The molecule has 5 nitrogen and oxygen atoms in total. The third-order valence-electron chi connectivity index (χ3n) is 3.51. The van der Waals surface area contributed by atoms with Gasteiger partial charge in [0.15, 0.2) is 0 Å². The molecule has 0 aliphatic heterocycles. The number of aryl methyl sites for hydroxylation is 1. The minimum atomic E-state index is -0.563. The second kappa shape index (κ2) is 7.24. The average Bonchev–Trinajstić information content (AvgIpc) is 2.80. The maximum absolute atomic E-state index is 10.0. The van der Waals surface area contributed by atoms with Gasteiger partial charge in [0, 0.05) is 11.3 Å². The summed E-state index contributed by atoms with van der Waals surface area (Å²) in [6.07, 6.45) is 1.18. The van der Waals surface area contributed by atoms with E-state index in [4.69, 9.17) is 9.47 Å². The minimum absolute atomic E-state index is 0.273. The number of hydrogen-bond acceptors (Lipinski definition) is 4. The Morgan fingerprint density at radius 2 is 2.05 bits per heavy atom. The van der Waals surface area contributed by atoms with Crippen LogP contribution in [0.15, 0.2) is 30.6 Å². The largest absolute Gasteiger partial charge is 0.496 e. The van der Waals surface area contributed by atoms with Gasteiger partial charge in [-0.1, -0.05) is 18.2 Å². The van der Waals surface area contributed by atoms with E-state index < -0.39 is 6.10 Å². The molecule has 2 aromatic rings. The molecule has 0 aliphatic carbocycles. The fourth-order valence-corrected chi connectivity index (χ4v) is 2.14. The summed E-state index contributed by atoms with van der Waals surface area (Å²) in [5.41, 5.74) is 3.03. The molecule has 2 rings (SSSR count). The standard InChI is InChI=1S/C16H22N2O3/c1-12-13(2)18(11-17-12)8-15(19)10-21-9-14-6-4-5-7-16(14)20-3/h4-7,11,15,19H,8-10H2,1-3H3. The quantitative estimate of drug-likeness (QED) is 0.848. The molecule has 5 heteroatoms. The van der Waals surface area contributed by atoms with Gasteiger partial charge in [0.1, 0.15) is 5.75 Å². The topological polar surface area (TPSA) is 56.5 Å². The zero-order chi connectivity index (χ0) is 15.2. The van der Waals surface area contributed by atoms with Gasteiger partial charge in [-0.25, -0.2) is 4.98 Å². The van der Waals surface area contributed by atoms with Crippen molar-refractivity contribution in [3.63, 3.8) is 0 Å². The van der Waals surface area contributed by atoms with E-state index in [9.17, 15) is 5.11 Å². The van der Waals surface area contributed by atoms with Gasteiger partial charge >= 0.3 is 0 Å². The van der Waals surface area contributed by atoms with Gasteiger partial charge in [0.05, 0.1) is 45.0 Å². The van der Waals surface area contributed by atoms with Crippen LogP contribution in [0.3, 0.4) is 0 Å². The Kier molecular flexibility index (Phi) is 5.36. The first kappa shape index (κ1) is 15.5. The third kappa shape index (κ3) is 4.06. The van der Waals surface area contributed by atoms with Crippen LogP contribution in [-0.2, 0) is 17.9 Å². The molecule has 0 saturated heterocycles. The van der Waals surface area contributed by atoms with Gasteiger partial charge in [0.25, 0.3) is 0 Å². The van der Waals surface area contributed by atoms with Crippen LogP contribution in [0.4, 0.5) is 0 Å². The fourth-order valence-electron chi connectivity index (χ4n) is 2.14. The maximum Gasteiger partial charge on any atom is 0.124 e. The summed E-state index contributed by atoms with van der Waals surface area (Å²) in [6, 6.07) is 7.71. The predicted molar refractivity (Wildman–Crippen MR) is 80.4 cm³/mol. The van der Waals surface area contributed by atoms with E-state index in [1.54, 1.807) is 13.4 Å². The van der Waals surface area contributed by atoms with Crippen LogP contribution in [0, 0.1) is 13.8 Å². The molecule has 1 N–H and O–H groups in total. The van der Waals surface area contributed by atoms with E-state index in [2.05, 4.69) is 4.98 Å². The summed E-state index contributed by atoms with van der Waals surface area (Å²) in [4.78, 5) is 4.21. The highest BCUT2D eigenvalue weighted by Gasteiger charge is 2.10. The number of aliphatic hydroxyl groups is 1. The first-order valence-corrected chi connectivity index (χ1v) is 6.98. The molecule has 0 spiro atoms. The molecule has 21 heavy (non-hydrogen) atoms. The van der Waals surface area contributed by atoms with Crippen LogP contribution in [0.1, 0.15) is 17.0 Å². The highest BCUT2D eigenvalue weighted by Crippen LogP contribution is 2.18. The molecule has 1 aromatic carbocycles. The Balaban J connectivity index is 1.82. The Labute approximate surface area is 125 Å². The molecule has 0 bridgehead atoms. The van der Waals surface area contributed by atoms with Crippen molar-refractivity contribution in [1.29, 1.82) is 0 Å². The number of para-hydroxylation sites is 1. The van der Waals surface area contributed by atoms with Crippen LogP contribution < -0.4 is 4.74 Å². The highest BCUT2D eigenvalue weighted by molar-refractivity contribution is 5.32. The lowest BCUT2D eigenvalue weighted by atomic mass is 10.2. The zero-order valence-corrected chi connectivity index (χ0v) is 12.7. The monoisotopic (exact) mass is 290 g/mol. The number of imidazole rings is 1. The van der Waals surface area contributed by atoms with Crippen molar-refractivity contribution in [3.05, 3.63) is 47.5 Å². The van der Waals surface area contributed by atoms with E-state index in [-0.39, 0.29) is 6.61 Å². The number of aromatic nitrogens is 2. The van der Waals surface area contributed by atoms with Crippen molar-refractivity contribution in [2.75, 3.05) is 13.7 Å². The molecule has 1 atom stereocenters. The molecule has 0 amide bonds. The van der Waals surface area contributed by atoms with Gasteiger partial charge < -0.3 is 19.1 Å². The summed E-state index contributed by atoms with van der Waals surface area (Å²) >= 11 is 0. The Morgan fingerprint density at radius 1 is 1.29 bits per heavy atom. The SMILES string of the molecule is COc1ccccc1COCC(O)Cn1cnc(C)c1C. The van der Waals surface area contributed by atoms with Crippen molar-refractivity contribution in [2.45, 2.75) is 33.1 Å². The average molecular weight is 290 g/mol. The number of hydrogen-bond donors (Lipinski definition) is 1. The molecular formula is C16H22N2O3. The van der Waals surface area contributed by atoms with Crippen molar-refractivity contribution in [1.82, 2.24) is 9.55 Å². The molecule has 0 saturated carbocycles. The lowest BCUT2D eigenvalue weighted by Crippen LogP contribution is -2.22. The number of methoxy groups -OCH3 is 1. The van der Waals surface area contributed by atoms with Gasteiger partial charge in [-0.3, -0.25) is 0 Å². The van der Waals surface area contributed by atoms with E-state index in [0.717, 1.165) is 22.7 Å². The van der Waals surface area contributed by atoms with Crippen LogP contribution in [0.2, 0.25) is 0 Å². The van der Waals surface area contributed by atoms with Gasteiger partial charge in [-0.05, 0) is 19.9 Å². The normalized spacial score (nSPS) is 12.4.